The Morgan fingerprint density at radius 2 is 1.63 bits per heavy atom. The summed E-state index contributed by atoms with van der Waals surface area (Å²) in [7, 11) is -2.95. The third-order valence-electron chi connectivity index (χ3n) is 7.26. The molecule has 0 spiro atoms. The van der Waals surface area contributed by atoms with Crippen molar-refractivity contribution < 1.29 is 33.4 Å². The van der Waals surface area contributed by atoms with Crippen LogP contribution in [-0.4, -0.2) is 70.4 Å². The first kappa shape index (κ1) is 44.0. The lowest BCUT2D eigenvalue weighted by molar-refractivity contribution is -0.122. The number of hydrogen-bond acceptors (Lipinski definition) is 10. The van der Waals surface area contributed by atoms with Crippen molar-refractivity contribution in [1.29, 1.82) is 0 Å². The Labute approximate surface area is 312 Å². The minimum Gasteiger partial charge on any atom is -0.387 e. The van der Waals surface area contributed by atoms with Crippen molar-refractivity contribution in [3.8, 4) is 0 Å². The van der Waals surface area contributed by atoms with Crippen molar-refractivity contribution >= 4 is 36.2 Å². The van der Waals surface area contributed by atoms with Crippen molar-refractivity contribution in [1.82, 2.24) is 20.0 Å². The van der Waals surface area contributed by atoms with Gasteiger partial charge in [-0.2, -0.15) is 4.98 Å². The van der Waals surface area contributed by atoms with Gasteiger partial charge in [-0.3, -0.25) is 13.9 Å². The summed E-state index contributed by atoms with van der Waals surface area (Å²) in [6.07, 6.45) is 28.1. The molecule has 0 aliphatic carbocycles. The van der Waals surface area contributed by atoms with Gasteiger partial charge in [-0.25, -0.2) is 14.4 Å². The number of carbonyl (C=O) groups excluding carboxylic acids is 1. The van der Waals surface area contributed by atoms with E-state index in [0.717, 1.165) is 50.2 Å². The number of nitrogens with one attached hydrogen (secondary N) is 2. The highest BCUT2D eigenvalue weighted by molar-refractivity contribution is 14.1. The van der Waals surface area contributed by atoms with Gasteiger partial charge < -0.3 is 24.8 Å². The molecule has 1 saturated heterocycles. The predicted octanol–water partition coefficient (Wildman–Crippen LogP) is 6.06. The van der Waals surface area contributed by atoms with E-state index in [9.17, 15) is 24.4 Å². The number of allylic oxidation sites excluding steroid dienone is 12. The largest absolute Gasteiger partial charge is 0.405 e. The van der Waals surface area contributed by atoms with Crippen LogP contribution in [-0.2, 0) is 23.1 Å². The molecule has 5 atom stereocenters. The van der Waals surface area contributed by atoms with Gasteiger partial charge in [0.1, 0.15) is 15.9 Å². The minimum absolute atomic E-state index is 0.0103. The number of rotatable bonds is 24. The first-order valence-electron chi connectivity index (χ1n) is 16.7. The molecule has 0 saturated carbocycles. The van der Waals surface area contributed by atoms with E-state index in [0.29, 0.717) is 10.1 Å². The molecule has 1 unspecified atom stereocenters. The van der Waals surface area contributed by atoms with Crippen LogP contribution in [0.1, 0.15) is 64.5 Å². The third-order valence-corrected chi connectivity index (χ3v) is 9.42. The second-order valence-electron chi connectivity index (χ2n) is 11.1. The predicted molar refractivity (Wildman–Crippen MR) is 204 cm³/mol. The molecule has 2 heterocycles. The van der Waals surface area contributed by atoms with E-state index in [2.05, 4.69) is 93.1 Å². The molecular formula is C34H49IN7O8P. The molecule has 0 bridgehead atoms. The summed E-state index contributed by atoms with van der Waals surface area (Å²) in [5.74, 6) is -0.199. The van der Waals surface area contributed by atoms with Crippen LogP contribution in [0.4, 0.5) is 0 Å². The molecule has 0 radical (unpaired) electrons. The summed E-state index contributed by atoms with van der Waals surface area (Å²) in [6, 6.07) is 1.47. The standard InChI is InChI=1S/C34H49IN7O8P/c1-3-4-5-6-7-8-9-10-11-12-13-14-15-16-17-18-19-20-21-22-29(43)37-24-25-38-51(47,48-2)49-27-34(40-41-36)31(45)30(44)32(50-34)42-26-23-28(35)39-33(42)46/h4-5,7-8,10-11,13-14,16-17,19-20,23,26,30-32,44-45H,3,6,9,12,15,18,21-22,24-25,27H2,1-2H3,(H,37,43)(H,38,47)/b5-4-,8-7-,11-10-,14-13-,17-16-,20-19-/t30-,31+,32-,34-,51?/m1/s1. The van der Waals surface area contributed by atoms with Crippen molar-refractivity contribution in [2.45, 2.75) is 82.5 Å². The Morgan fingerprint density at radius 1 is 1.06 bits per heavy atom. The summed E-state index contributed by atoms with van der Waals surface area (Å²) in [5.41, 5.74) is 6.10. The number of nitrogens with zero attached hydrogens (tertiary/aromatic N) is 5. The molecule has 1 amide bonds. The molecule has 4 N–H and O–H groups in total. The number of hydrogen-bond donors (Lipinski definition) is 4. The fourth-order valence-electron chi connectivity index (χ4n) is 4.56. The molecule has 51 heavy (non-hydrogen) atoms. The first-order valence-corrected chi connectivity index (χ1v) is 19.3. The molecule has 280 valence electrons. The van der Waals surface area contributed by atoms with E-state index in [4.69, 9.17) is 19.3 Å². The zero-order chi connectivity index (χ0) is 37.4. The average Bonchev–Trinajstić information content (AvgIpc) is 3.35. The maximum absolute atomic E-state index is 13.1. The lowest BCUT2D eigenvalue weighted by Crippen LogP contribution is -2.45. The highest BCUT2D eigenvalue weighted by Gasteiger charge is 2.56. The maximum Gasteiger partial charge on any atom is 0.405 e. The zero-order valence-electron chi connectivity index (χ0n) is 29.0. The Morgan fingerprint density at radius 3 is 2.16 bits per heavy atom. The van der Waals surface area contributed by atoms with E-state index >= 15 is 0 Å². The van der Waals surface area contributed by atoms with Gasteiger partial charge in [-0.05, 0) is 79.1 Å². The van der Waals surface area contributed by atoms with Crippen molar-refractivity contribution in [3.63, 3.8) is 0 Å². The van der Waals surface area contributed by atoms with Crippen molar-refractivity contribution in [2.75, 3.05) is 26.8 Å². The number of carbonyl (C=O) groups is 1. The van der Waals surface area contributed by atoms with Gasteiger partial charge in [0.25, 0.3) is 0 Å². The van der Waals surface area contributed by atoms with Crippen LogP contribution in [0, 0.1) is 3.70 Å². The summed E-state index contributed by atoms with van der Waals surface area (Å²) < 4.78 is 30.4. The number of amides is 1. The third kappa shape index (κ3) is 16.4. The smallest absolute Gasteiger partial charge is 0.387 e. The highest BCUT2D eigenvalue weighted by atomic mass is 127. The molecule has 1 aliphatic heterocycles. The lowest BCUT2D eigenvalue weighted by Gasteiger charge is -2.28. The van der Waals surface area contributed by atoms with Crippen LogP contribution >= 0.6 is 30.3 Å². The Bertz CT molecular complexity index is 1560. The molecule has 1 aromatic rings. The van der Waals surface area contributed by atoms with E-state index in [-0.39, 0.29) is 25.4 Å². The lowest BCUT2D eigenvalue weighted by atomic mass is 10.1. The van der Waals surface area contributed by atoms with Crippen molar-refractivity contribution in [2.24, 2.45) is 5.11 Å². The topological polar surface area (TPSA) is 210 Å². The van der Waals surface area contributed by atoms with E-state index in [1.165, 1.54) is 12.3 Å². The Hall–Kier alpha value is -3.18. The van der Waals surface area contributed by atoms with E-state index in [1.54, 1.807) is 0 Å². The van der Waals surface area contributed by atoms with Crippen LogP contribution in [0.2, 0.25) is 0 Å². The van der Waals surface area contributed by atoms with Gasteiger partial charge in [-0.1, -0.05) is 85.0 Å². The number of aliphatic hydroxyl groups excluding tert-OH is 2. The SMILES string of the molecule is CC/C=C\C/C=C\C/C=C\C/C=C\C/C=C\C/C=C\CCC(=O)NCCNP(=O)(OC)OC[C@@]1(N=[N+]=[N-])O[C@@H](n2ccc(I)nc2=O)[C@H](O)[C@@H]1O. The molecule has 1 aliphatic rings. The van der Waals surface area contributed by atoms with Crippen LogP contribution in [0.15, 0.2) is 95.1 Å². The van der Waals surface area contributed by atoms with Crippen LogP contribution in [0.5, 0.6) is 0 Å². The molecule has 1 fully saturated rings. The van der Waals surface area contributed by atoms with E-state index in [1.807, 2.05) is 34.7 Å². The fourth-order valence-corrected chi connectivity index (χ4v) is 6.00. The van der Waals surface area contributed by atoms with Crippen LogP contribution in [0.3, 0.4) is 0 Å². The summed E-state index contributed by atoms with van der Waals surface area (Å²) >= 11 is 1.83. The number of azide groups is 1. The Kier molecular flexibility index (Phi) is 21.5. The molecule has 17 heteroatoms. The zero-order valence-corrected chi connectivity index (χ0v) is 32.1. The Balaban J connectivity index is 1.66. The van der Waals surface area contributed by atoms with Gasteiger partial charge >= 0.3 is 13.4 Å². The van der Waals surface area contributed by atoms with E-state index < -0.39 is 44.2 Å². The van der Waals surface area contributed by atoms with Gasteiger partial charge in [0.2, 0.25) is 11.6 Å². The second-order valence-corrected chi connectivity index (χ2v) is 14.1. The van der Waals surface area contributed by atoms with Gasteiger partial charge in [0.05, 0.1) is 6.61 Å². The summed E-state index contributed by atoms with van der Waals surface area (Å²) in [4.78, 5) is 31.0. The number of aliphatic hydroxyl groups is 2. The van der Waals surface area contributed by atoms with Crippen LogP contribution in [0.25, 0.3) is 10.4 Å². The summed E-state index contributed by atoms with van der Waals surface area (Å²) in [5, 5.41) is 30.0. The first-order chi connectivity index (χ1) is 24.6. The normalized spacial score (nSPS) is 22.3. The quantitative estimate of drug-likeness (QED) is 0.0138. The number of aromatic nitrogens is 2. The number of ether oxygens (including phenoxy) is 1. The van der Waals surface area contributed by atoms with Gasteiger partial charge in [-0.15, -0.1) is 0 Å². The monoisotopic (exact) mass is 841 g/mol. The van der Waals surface area contributed by atoms with Gasteiger partial charge in [0, 0.05) is 37.7 Å². The maximum atomic E-state index is 13.1. The average molecular weight is 842 g/mol. The van der Waals surface area contributed by atoms with Crippen LogP contribution < -0.4 is 16.1 Å². The highest BCUT2D eigenvalue weighted by Crippen LogP contribution is 2.46. The number of halogens is 1. The molecule has 15 nitrogen and oxygen atoms in total. The van der Waals surface area contributed by atoms with Crippen molar-refractivity contribution in [3.05, 3.63) is 110 Å². The fraction of sp³-hybridized carbons (Fsp3) is 0.500. The van der Waals surface area contributed by atoms with Gasteiger partial charge in [0.15, 0.2) is 6.23 Å². The molecule has 2 rings (SSSR count). The molecule has 0 aromatic carbocycles. The second kappa shape index (κ2) is 24.9. The molecular weight excluding hydrogens is 792 g/mol. The molecule has 1 aromatic heterocycles. The minimum atomic E-state index is -4.06. The summed E-state index contributed by atoms with van der Waals surface area (Å²) in [6.45, 7) is 1.41.